The van der Waals surface area contributed by atoms with Crippen LogP contribution in [-0.4, -0.2) is 57.2 Å². The molecule has 1 aromatic rings. The zero-order valence-corrected chi connectivity index (χ0v) is 20.5. The first kappa shape index (κ1) is 24.6. The van der Waals surface area contributed by atoms with Crippen molar-refractivity contribution in [1.82, 2.24) is 15.5 Å². The Labute approximate surface area is 194 Å². The number of nitrogens with zero attached hydrogens (tertiary/aromatic N) is 1. The summed E-state index contributed by atoms with van der Waals surface area (Å²) >= 11 is 1.60. The van der Waals surface area contributed by atoms with Crippen LogP contribution in [0.2, 0.25) is 0 Å². The minimum absolute atomic E-state index is 0.0592. The first-order chi connectivity index (χ1) is 15.0. The highest BCUT2D eigenvalue weighted by molar-refractivity contribution is 8.01. The number of carbonyl (C=O) groups excluding carboxylic acids is 3. The van der Waals surface area contributed by atoms with Crippen molar-refractivity contribution in [3.05, 3.63) is 35.4 Å². The van der Waals surface area contributed by atoms with Crippen molar-refractivity contribution in [2.24, 2.45) is 11.8 Å². The molecule has 3 amide bonds. The molecule has 0 radical (unpaired) electrons. The van der Waals surface area contributed by atoms with E-state index in [1.54, 1.807) is 22.7 Å². The molecule has 1 fully saturated rings. The van der Waals surface area contributed by atoms with E-state index in [1.165, 1.54) is 0 Å². The Morgan fingerprint density at radius 1 is 1.19 bits per heavy atom. The van der Waals surface area contributed by atoms with E-state index in [0.29, 0.717) is 12.0 Å². The number of fused-ring (bicyclic) bond motifs is 3. The number of benzene rings is 1. The molecule has 0 aliphatic carbocycles. The second kappa shape index (κ2) is 9.43. The molecule has 0 aromatic heterocycles. The Kier molecular flexibility index (Phi) is 7.25. The molecule has 2 heterocycles. The van der Waals surface area contributed by atoms with Crippen LogP contribution >= 0.6 is 11.8 Å². The van der Waals surface area contributed by atoms with Gasteiger partial charge in [-0.1, -0.05) is 52.3 Å². The first-order valence-corrected chi connectivity index (χ1v) is 12.2. The van der Waals surface area contributed by atoms with Gasteiger partial charge in [0.1, 0.15) is 17.5 Å². The van der Waals surface area contributed by atoms with Crippen LogP contribution in [0.15, 0.2) is 24.3 Å². The second-order valence-electron chi connectivity index (χ2n) is 9.69. The molecule has 176 valence electrons. The summed E-state index contributed by atoms with van der Waals surface area (Å²) in [4.78, 5) is 41.5. The van der Waals surface area contributed by atoms with Crippen molar-refractivity contribution in [3.63, 3.8) is 0 Å². The smallest absolute Gasteiger partial charge is 0.256 e. The fourth-order valence-corrected chi connectivity index (χ4v) is 6.02. The van der Waals surface area contributed by atoms with E-state index in [9.17, 15) is 19.5 Å². The van der Waals surface area contributed by atoms with Crippen LogP contribution in [0.1, 0.15) is 69.3 Å². The summed E-state index contributed by atoms with van der Waals surface area (Å²) in [6, 6.07) is 5.65. The summed E-state index contributed by atoms with van der Waals surface area (Å²) in [7, 11) is 0. The lowest BCUT2D eigenvalue weighted by Gasteiger charge is -2.33. The Morgan fingerprint density at radius 2 is 1.84 bits per heavy atom. The highest BCUT2D eigenvalue weighted by Gasteiger charge is 2.57. The van der Waals surface area contributed by atoms with Gasteiger partial charge in [-0.2, -0.15) is 0 Å². The molecule has 1 saturated heterocycles. The SMILES string of the molecule is CCC(C)[C@H](NC(=O)[C@H]1N2C(=O)c3ccccc3C2SC1(C)C)C(=O)N[C@H](CO)C(C)C. The summed E-state index contributed by atoms with van der Waals surface area (Å²) in [6.45, 7) is 11.5. The number of hydrogen-bond acceptors (Lipinski definition) is 5. The average molecular weight is 462 g/mol. The van der Waals surface area contributed by atoms with Crippen molar-refractivity contribution in [2.75, 3.05) is 6.61 Å². The molecular weight excluding hydrogens is 426 g/mol. The van der Waals surface area contributed by atoms with E-state index in [1.807, 2.05) is 59.7 Å². The van der Waals surface area contributed by atoms with Crippen molar-refractivity contribution >= 4 is 29.5 Å². The molecular formula is C24H35N3O4S. The minimum Gasteiger partial charge on any atom is -0.394 e. The van der Waals surface area contributed by atoms with Gasteiger partial charge in [-0.15, -0.1) is 11.8 Å². The van der Waals surface area contributed by atoms with Crippen LogP contribution in [0.25, 0.3) is 0 Å². The standard InChI is InChI=1S/C24H35N3O4S/c1-7-14(4)18(20(29)25-17(12-28)13(2)3)26-21(30)19-24(5,6)32-23-16-11-9-8-10-15(16)22(31)27(19)23/h8-11,13-14,17-19,23,28H,7,12H2,1-6H3,(H,25,29)(H,26,30)/t14?,17-,18+,19-,23?/m1/s1. The van der Waals surface area contributed by atoms with E-state index in [2.05, 4.69) is 10.6 Å². The Bertz CT molecular complexity index is 888. The summed E-state index contributed by atoms with van der Waals surface area (Å²) < 4.78 is -0.514. The molecule has 0 bridgehead atoms. The van der Waals surface area contributed by atoms with Crippen LogP contribution in [0.3, 0.4) is 0 Å². The van der Waals surface area contributed by atoms with Gasteiger partial charge in [0, 0.05) is 10.3 Å². The monoisotopic (exact) mass is 461 g/mol. The number of rotatable bonds is 8. The lowest BCUT2D eigenvalue weighted by molar-refractivity contribution is -0.133. The molecule has 2 aliphatic rings. The predicted molar refractivity (Wildman–Crippen MR) is 126 cm³/mol. The maximum atomic E-state index is 13.6. The van der Waals surface area contributed by atoms with Crippen LogP contribution in [0, 0.1) is 11.8 Å². The van der Waals surface area contributed by atoms with E-state index in [4.69, 9.17) is 0 Å². The van der Waals surface area contributed by atoms with Gasteiger partial charge in [0.2, 0.25) is 11.8 Å². The Balaban J connectivity index is 1.84. The fourth-order valence-electron chi connectivity index (χ4n) is 4.43. The summed E-state index contributed by atoms with van der Waals surface area (Å²) in [6.07, 6.45) is 0.698. The lowest BCUT2D eigenvalue weighted by atomic mass is 9.95. The molecule has 3 rings (SSSR count). The molecule has 0 saturated carbocycles. The lowest BCUT2D eigenvalue weighted by Crippen LogP contribution is -2.59. The molecule has 32 heavy (non-hydrogen) atoms. The number of aliphatic hydroxyl groups is 1. The van der Waals surface area contributed by atoms with Crippen LogP contribution in [-0.2, 0) is 9.59 Å². The van der Waals surface area contributed by atoms with Gasteiger partial charge in [0.05, 0.1) is 12.6 Å². The number of nitrogens with one attached hydrogen (secondary N) is 2. The molecule has 3 N–H and O–H groups in total. The van der Waals surface area contributed by atoms with Gasteiger partial charge >= 0.3 is 0 Å². The highest BCUT2D eigenvalue weighted by Crippen LogP contribution is 2.56. The molecule has 1 aromatic carbocycles. The maximum Gasteiger partial charge on any atom is 0.256 e. The predicted octanol–water partition coefficient (Wildman–Crippen LogP) is 2.70. The number of hydrogen-bond donors (Lipinski definition) is 3. The molecule has 8 heteroatoms. The molecule has 2 unspecified atom stereocenters. The van der Waals surface area contributed by atoms with E-state index < -0.39 is 16.8 Å². The normalized spacial score (nSPS) is 24.0. The zero-order chi connectivity index (χ0) is 23.8. The van der Waals surface area contributed by atoms with Gasteiger partial charge in [-0.05, 0) is 37.3 Å². The van der Waals surface area contributed by atoms with Crippen molar-refractivity contribution in [1.29, 1.82) is 0 Å². The van der Waals surface area contributed by atoms with Crippen LogP contribution in [0.5, 0.6) is 0 Å². The quantitative estimate of drug-likeness (QED) is 0.553. The molecule has 5 atom stereocenters. The van der Waals surface area contributed by atoms with E-state index in [-0.39, 0.29) is 47.6 Å². The largest absolute Gasteiger partial charge is 0.394 e. The number of aliphatic hydroxyl groups excluding tert-OH is 1. The van der Waals surface area contributed by atoms with Gasteiger partial charge in [0.25, 0.3) is 5.91 Å². The maximum absolute atomic E-state index is 13.6. The molecule has 7 nitrogen and oxygen atoms in total. The third-order valence-corrected chi connectivity index (χ3v) is 8.20. The van der Waals surface area contributed by atoms with Crippen molar-refractivity contribution in [3.8, 4) is 0 Å². The molecule has 0 spiro atoms. The number of amides is 3. The average Bonchev–Trinajstić information content (AvgIpc) is 3.18. The fraction of sp³-hybridized carbons (Fsp3) is 0.625. The highest BCUT2D eigenvalue weighted by atomic mass is 32.2. The van der Waals surface area contributed by atoms with Crippen molar-refractivity contribution < 1.29 is 19.5 Å². The first-order valence-electron chi connectivity index (χ1n) is 11.3. The third-order valence-electron chi connectivity index (χ3n) is 6.67. The van der Waals surface area contributed by atoms with Gasteiger partial charge in [-0.3, -0.25) is 14.4 Å². The van der Waals surface area contributed by atoms with Gasteiger partial charge < -0.3 is 20.6 Å². The van der Waals surface area contributed by atoms with Gasteiger partial charge in [0.15, 0.2) is 0 Å². The van der Waals surface area contributed by atoms with Crippen molar-refractivity contribution in [2.45, 2.75) is 76.2 Å². The summed E-state index contributed by atoms with van der Waals surface area (Å²) in [5.74, 6) is -0.824. The van der Waals surface area contributed by atoms with Crippen LogP contribution < -0.4 is 10.6 Å². The van der Waals surface area contributed by atoms with E-state index >= 15 is 0 Å². The minimum atomic E-state index is -0.750. The number of thioether (sulfide) groups is 1. The van der Waals surface area contributed by atoms with Gasteiger partial charge in [-0.25, -0.2) is 0 Å². The molecule has 2 aliphatic heterocycles. The number of carbonyl (C=O) groups is 3. The topological polar surface area (TPSA) is 98.7 Å². The summed E-state index contributed by atoms with van der Waals surface area (Å²) in [5.41, 5.74) is 1.57. The third kappa shape index (κ3) is 4.39. The van der Waals surface area contributed by atoms with E-state index in [0.717, 1.165) is 5.56 Å². The van der Waals surface area contributed by atoms with Crippen LogP contribution in [0.4, 0.5) is 0 Å². The Hall–Kier alpha value is -2.06. The second-order valence-corrected chi connectivity index (χ2v) is 11.4. The zero-order valence-electron chi connectivity index (χ0n) is 19.7. The Morgan fingerprint density at radius 3 is 2.44 bits per heavy atom. The summed E-state index contributed by atoms with van der Waals surface area (Å²) in [5, 5.41) is 15.2.